The molecule has 0 bridgehead atoms. The molecule has 3 atom stereocenters. The first-order chi connectivity index (χ1) is 19.1. The maximum Gasteiger partial charge on any atom is 0.290 e. The fraction of sp³-hybridized carbons (Fsp3) is 0.357. The van der Waals surface area contributed by atoms with Gasteiger partial charge >= 0.3 is 0 Å². The van der Waals surface area contributed by atoms with E-state index in [2.05, 4.69) is 5.32 Å². The van der Waals surface area contributed by atoms with E-state index in [-0.39, 0.29) is 49.6 Å². The van der Waals surface area contributed by atoms with Gasteiger partial charge in [0.05, 0.1) is 23.3 Å². The number of halogens is 2. The van der Waals surface area contributed by atoms with Gasteiger partial charge in [0.15, 0.2) is 11.5 Å². The van der Waals surface area contributed by atoms with Crippen LogP contribution in [0.15, 0.2) is 48.0 Å². The zero-order valence-electron chi connectivity index (χ0n) is 21.9. The Kier molecular flexibility index (Phi) is 11.2. The minimum Gasteiger partial charge on any atom is -0.493 e. The number of nitrogens with zero attached hydrogens (tertiary/aromatic N) is 1. The molecular weight excluding hydrogens is 638 g/mol. The number of amides is 2. The van der Waals surface area contributed by atoms with Crippen molar-refractivity contribution in [2.75, 3.05) is 20.3 Å². The van der Waals surface area contributed by atoms with E-state index in [1.807, 2.05) is 22.6 Å². The highest BCUT2D eigenvalue weighted by Gasteiger charge is 2.42. The van der Waals surface area contributed by atoms with Crippen LogP contribution in [0.1, 0.15) is 35.7 Å². The summed E-state index contributed by atoms with van der Waals surface area (Å²) in [6, 6.07) is 7.28. The number of carbonyl (C=O) groups is 4. The summed E-state index contributed by atoms with van der Waals surface area (Å²) >= 11 is 1.95. The minimum absolute atomic E-state index is 0.0274. The summed E-state index contributed by atoms with van der Waals surface area (Å²) in [6.07, 6.45) is -0.736. The SMILES string of the molecule is CCC(=O)C(=O)N(Cc1ccc(F)cc1)[C@@H]1CC(C(=O)NCCO)=C[C@H](Oc2c(I)cc(C=O)cc2OC)[C@H]1O. The van der Waals surface area contributed by atoms with Gasteiger partial charge in [0.25, 0.3) is 5.91 Å². The van der Waals surface area contributed by atoms with Crippen molar-refractivity contribution >= 4 is 46.5 Å². The largest absolute Gasteiger partial charge is 0.493 e. The highest BCUT2D eigenvalue weighted by Crippen LogP contribution is 2.37. The van der Waals surface area contributed by atoms with Gasteiger partial charge in [0.1, 0.15) is 24.3 Å². The summed E-state index contributed by atoms with van der Waals surface area (Å²) in [5.74, 6) is -2.18. The maximum atomic E-state index is 13.5. The molecule has 0 unspecified atom stereocenters. The zero-order chi connectivity index (χ0) is 29.4. The van der Waals surface area contributed by atoms with Crippen molar-refractivity contribution in [3.05, 3.63) is 68.6 Å². The predicted octanol–water partition coefficient (Wildman–Crippen LogP) is 2.17. The lowest BCUT2D eigenvalue weighted by molar-refractivity contribution is -0.149. The van der Waals surface area contributed by atoms with Gasteiger partial charge in [-0.2, -0.15) is 0 Å². The van der Waals surface area contributed by atoms with Crippen molar-refractivity contribution < 1.29 is 43.3 Å². The summed E-state index contributed by atoms with van der Waals surface area (Å²) in [6.45, 7) is 1.06. The summed E-state index contributed by atoms with van der Waals surface area (Å²) in [4.78, 5) is 51.2. The monoisotopic (exact) mass is 668 g/mol. The number of benzene rings is 2. The Balaban J connectivity index is 2.07. The van der Waals surface area contributed by atoms with Crippen LogP contribution in [-0.4, -0.2) is 77.5 Å². The molecule has 1 aliphatic rings. The van der Waals surface area contributed by atoms with E-state index in [0.717, 1.165) is 0 Å². The van der Waals surface area contributed by atoms with E-state index in [0.29, 0.717) is 21.0 Å². The second-order valence-electron chi connectivity index (χ2n) is 9.00. The standard InChI is InChI=1S/C28H30FIN2O8/c1-3-22(35)28(38)32(14-16-4-6-19(29)7-5-16)21-12-18(27(37)31-8-9-33)13-23(25(21)36)40-26-20(30)10-17(15-34)11-24(26)39-2/h4-7,10-11,13,15,21,23,25,33,36H,3,8-9,12,14H2,1-2H3,(H,31,37)/t21-,23+,25+/m1/s1. The topological polar surface area (TPSA) is 142 Å². The molecule has 2 aromatic rings. The van der Waals surface area contributed by atoms with Gasteiger partial charge in [-0.25, -0.2) is 4.39 Å². The van der Waals surface area contributed by atoms with E-state index in [4.69, 9.17) is 14.6 Å². The lowest BCUT2D eigenvalue weighted by Crippen LogP contribution is -2.56. The predicted molar refractivity (Wildman–Crippen MR) is 150 cm³/mol. The van der Waals surface area contributed by atoms with Crippen molar-refractivity contribution in [2.45, 2.75) is 44.6 Å². The number of ketones is 1. The third-order valence-corrected chi connectivity index (χ3v) is 7.14. The molecule has 0 heterocycles. The summed E-state index contributed by atoms with van der Waals surface area (Å²) in [5.41, 5.74) is 1.00. The fourth-order valence-electron chi connectivity index (χ4n) is 4.28. The molecule has 0 spiro atoms. The van der Waals surface area contributed by atoms with Crippen LogP contribution in [0.4, 0.5) is 4.39 Å². The molecule has 1 aliphatic carbocycles. The summed E-state index contributed by atoms with van der Waals surface area (Å²) in [7, 11) is 1.38. The van der Waals surface area contributed by atoms with E-state index in [1.54, 1.807) is 6.07 Å². The molecule has 0 aliphatic heterocycles. The van der Waals surface area contributed by atoms with Gasteiger partial charge in [-0.15, -0.1) is 0 Å². The third kappa shape index (κ3) is 7.43. The number of rotatable bonds is 12. The van der Waals surface area contributed by atoms with Gasteiger partial charge in [-0.05, 0) is 58.5 Å². The molecule has 0 aromatic heterocycles. The van der Waals surface area contributed by atoms with Gasteiger partial charge in [-0.1, -0.05) is 19.1 Å². The molecule has 10 nitrogen and oxygen atoms in total. The normalized spacial score (nSPS) is 18.4. The van der Waals surface area contributed by atoms with Crippen LogP contribution in [0.3, 0.4) is 0 Å². The van der Waals surface area contributed by atoms with Crippen molar-refractivity contribution in [3.63, 3.8) is 0 Å². The van der Waals surface area contributed by atoms with Crippen LogP contribution in [-0.2, 0) is 20.9 Å². The quantitative estimate of drug-likeness (QED) is 0.178. The molecule has 0 radical (unpaired) electrons. The third-order valence-electron chi connectivity index (χ3n) is 6.34. The van der Waals surface area contributed by atoms with Crippen molar-refractivity contribution in [1.29, 1.82) is 0 Å². The summed E-state index contributed by atoms with van der Waals surface area (Å²) in [5, 5.41) is 23.2. The Morgan fingerprint density at radius 3 is 2.52 bits per heavy atom. The van der Waals surface area contributed by atoms with Gasteiger partial charge in [0, 0.05) is 37.1 Å². The second kappa shape index (κ2) is 14.3. The van der Waals surface area contributed by atoms with Crippen molar-refractivity contribution in [1.82, 2.24) is 10.2 Å². The molecule has 3 rings (SSSR count). The number of hydrogen-bond donors (Lipinski definition) is 3. The zero-order valence-corrected chi connectivity index (χ0v) is 24.1. The van der Waals surface area contributed by atoms with Crippen LogP contribution in [0.2, 0.25) is 0 Å². The van der Waals surface area contributed by atoms with E-state index in [1.165, 1.54) is 55.3 Å². The average molecular weight is 668 g/mol. The maximum absolute atomic E-state index is 13.5. The Morgan fingerprint density at radius 2 is 1.93 bits per heavy atom. The number of methoxy groups -OCH3 is 1. The number of ether oxygens (including phenoxy) is 2. The number of aliphatic hydroxyl groups excluding tert-OH is 2. The molecule has 214 valence electrons. The lowest BCUT2D eigenvalue weighted by atomic mass is 9.87. The Bertz CT molecular complexity index is 1280. The molecule has 3 N–H and O–H groups in total. The number of carbonyl (C=O) groups excluding carboxylic acids is 4. The van der Waals surface area contributed by atoms with E-state index in [9.17, 15) is 28.7 Å². The number of aldehydes is 1. The fourth-order valence-corrected chi connectivity index (χ4v) is 5.03. The van der Waals surface area contributed by atoms with Crippen LogP contribution < -0.4 is 14.8 Å². The molecule has 0 saturated heterocycles. The second-order valence-corrected chi connectivity index (χ2v) is 10.2. The smallest absolute Gasteiger partial charge is 0.290 e. The van der Waals surface area contributed by atoms with E-state index < -0.39 is 41.7 Å². The number of nitrogens with one attached hydrogen (secondary N) is 1. The number of Topliss-reactive ketones (excluding diaryl/α,β-unsaturated/α-hetero) is 1. The van der Waals surface area contributed by atoms with E-state index >= 15 is 0 Å². The number of hydrogen-bond acceptors (Lipinski definition) is 8. The first-order valence-corrected chi connectivity index (χ1v) is 13.6. The molecule has 40 heavy (non-hydrogen) atoms. The van der Waals surface area contributed by atoms with Crippen molar-refractivity contribution in [3.8, 4) is 11.5 Å². The first kappa shape index (κ1) is 31.2. The highest BCUT2D eigenvalue weighted by atomic mass is 127. The first-order valence-electron chi connectivity index (χ1n) is 12.5. The molecule has 2 amide bonds. The Hall–Kier alpha value is -3.36. The molecule has 0 fully saturated rings. The van der Waals surface area contributed by atoms with Gasteiger partial charge in [-0.3, -0.25) is 19.2 Å². The minimum atomic E-state index is -1.41. The van der Waals surface area contributed by atoms with Crippen LogP contribution >= 0.6 is 22.6 Å². The molecule has 2 aromatic carbocycles. The highest BCUT2D eigenvalue weighted by molar-refractivity contribution is 14.1. The number of aliphatic hydroxyl groups is 2. The van der Waals surface area contributed by atoms with Crippen LogP contribution in [0.25, 0.3) is 0 Å². The van der Waals surface area contributed by atoms with Crippen molar-refractivity contribution in [2.24, 2.45) is 0 Å². The summed E-state index contributed by atoms with van der Waals surface area (Å²) < 4.78 is 25.6. The van der Waals surface area contributed by atoms with Gasteiger partial charge in [0.2, 0.25) is 11.7 Å². The molecule has 12 heteroatoms. The Morgan fingerprint density at radius 1 is 1.23 bits per heavy atom. The lowest BCUT2D eigenvalue weighted by Gasteiger charge is -2.40. The molecular formula is C28H30FIN2O8. The average Bonchev–Trinajstić information content (AvgIpc) is 2.96. The van der Waals surface area contributed by atoms with Crippen LogP contribution in [0.5, 0.6) is 11.5 Å². The van der Waals surface area contributed by atoms with Crippen LogP contribution in [0, 0.1) is 9.39 Å². The molecule has 0 saturated carbocycles. The van der Waals surface area contributed by atoms with Gasteiger partial charge < -0.3 is 29.9 Å². The Labute approximate surface area is 244 Å².